The Morgan fingerprint density at radius 3 is 2.35 bits per heavy atom. The maximum atomic E-state index is 12.9. The Morgan fingerprint density at radius 1 is 1.27 bits per heavy atom. The first-order valence-electron chi connectivity index (χ1n) is 7.62. The van der Waals surface area contributed by atoms with E-state index in [1.54, 1.807) is 24.3 Å². The summed E-state index contributed by atoms with van der Waals surface area (Å²) in [6.45, 7) is -0.833. The highest BCUT2D eigenvalue weighted by atomic mass is 35.5. The first-order chi connectivity index (χ1) is 11.7. The quantitative estimate of drug-likeness (QED) is 0.768. The van der Waals surface area contributed by atoms with E-state index in [1.165, 1.54) is 12.0 Å². The normalized spacial score (nSPS) is 20.3. The predicted molar refractivity (Wildman–Crippen MR) is 89.2 cm³/mol. The van der Waals surface area contributed by atoms with Gasteiger partial charge in [-0.15, -0.1) is 12.4 Å². The standard InChI is InChI=1S/C16H19F3N2O4.ClH/c1-25-11-4-2-10(3-5-11)6-20-14(22)9-21-7-12(15(23)24)13(8-21)16(17,18)19;/h2-5,12-13H,6-9H2,1H3,(H,20,22)(H,23,24);1H/t12-,13-;/m1./s1. The third kappa shape index (κ3) is 5.77. The lowest BCUT2D eigenvalue weighted by molar-refractivity contribution is -0.188. The van der Waals surface area contributed by atoms with Crippen LogP contribution in [0.15, 0.2) is 24.3 Å². The van der Waals surface area contributed by atoms with Gasteiger partial charge in [-0.05, 0) is 17.7 Å². The van der Waals surface area contributed by atoms with Crippen molar-refractivity contribution in [1.29, 1.82) is 0 Å². The van der Waals surface area contributed by atoms with E-state index in [0.29, 0.717) is 5.75 Å². The number of carbonyl (C=O) groups is 2. The second-order valence-electron chi connectivity index (χ2n) is 5.91. The number of methoxy groups -OCH3 is 1. The van der Waals surface area contributed by atoms with Crippen molar-refractivity contribution in [2.24, 2.45) is 11.8 Å². The van der Waals surface area contributed by atoms with Crippen molar-refractivity contribution in [3.63, 3.8) is 0 Å². The number of hydrogen-bond acceptors (Lipinski definition) is 4. The van der Waals surface area contributed by atoms with Crippen LogP contribution in [0.4, 0.5) is 13.2 Å². The largest absolute Gasteiger partial charge is 0.497 e. The molecule has 6 nitrogen and oxygen atoms in total. The van der Waals surface area contributed by atoms with Crippen molar-refractivity contribution in [3.05, 3.63) is 29.8 Å². The van der Waals surface area contributed by atoms with E-state index in [0.717, 1.165) is 5.56 Å². The van der Waals surface area contributed by atoms with E-state index in [9.17, 15) is 22.8 Å². The number of ether oxygens (including phenoxy) is 1. The molecule has 0 bridgehead atoms. The summed E-state index contributed by atoms with van der Waals surface area (Å²) >= 11 is 0. The summed E-state index contributed by atoms with van der Waals surface area (Å²) in [4.78, 5) is 24.2. The van der Waals surface area contributed by atoms with Crippen LogP contribution < -0.4 is 10.1 Å². The van der Waals surface area contributed by atoms with Crippen LogP contribution in [0, 0.1) is 11.8 Å². The fourth-order valence-corrected chi connectivity index (χ4v) is 2.80. The zero-order chi connectivity index (χ0) is 18.6. The van der Waals surface area contributed by atoms with Crippen molar-refractivity contribution in [2.75, 3.05) is 26.7 Å². The molecule has 1 fully saturated rings. The van der Waals surface area contributed by atoms with Gasteiger partial charge in [-0.1, -0.05) is 12.1 Å². The molecule has 26 heavy (non-hydrogen) atoms. The number of carboxylic acids is 1. The van der Waals surface area contributed by atoms with Crippen LogP contribution in [0.2, 0.25) is 0 Å². The lowest BCUT2D eigenvalue weighted by atomic mass is 9.96. The van der Waals surface area contributed by atoms with E-state index in [1.807, 2.05) is 0 Å². The lowest BCUT2D eigenvalue weighted by Crippen LogP contribution is -2.36. The summed E-state index contributed by atoms with van der Waals surface area (Å²) in [6.07, 6.45) is -4.60. The summed E-state index contributed by atoms with van der Waals surface area (Å²) in [5.74, 6) is -4.79. The average molecular weight is 397 g/mol. The van der Waals surface area contributed by atoms with Crippen LogP contribution in [0.3, 0.4) is 0 Å². The number of likely N-dealkylation sites (tertiary alicyclic amines) is 1. The van der Waals surface area contributed by atoms with E-state index < -0.39 is 36.4 Å². The highest BCUT2D eigenvalue weighted by Crippen LogP contribution is 2.37. The number of carbonyl (C=O) groups excluding carboxylic acids is 1. The molecule has 2 N–H and O–H groups in total. The Kier molecular flexibility index (Phi) is 7.70. The summed E-state index contributed by atoms with van der Waals surface area (Å²) < 4.78 is 43.8. The highest BCUT2D eigenvalue weighted by Gasteiger charge is 2.52. The predicted octanol–water partition coefficient (Wildman–Crippen LogP) is 1.93. The number of nitrogens with one attached hydrogen (secondary N) is 1. The molecule has 2 atom stereocenters. The Balaban J connectivity index is 0.00000338. The molecule has 1 aromatic rings. The second kappa shape index (κ2) is 9.09. The molecule has 0 saturated carbocycles. The third-order valence-electron chi connectivity index (χ3n) is 4.15. The topological polar surface area (TPSA) is 78.9 Å². The van der Waals surface area contributed by atoms with Crippen LogP contribution in [0.25, 0.3) is 0 Å². The van der Waals surface area contributed by atoms with Crippen LogP contribution >= 0.6 is 12.4 Å². The second-order valence-corrected chi connectivity index (χ2v) is 5.91. The van der Waals surface area contributed by atoms with Crippen molar-refractivity contribution in [2.45, 2.75) is 12.7 Å². The molecule has 1 aromatic carbocycles. The van der Waals surface area contributed by atoms with Gasteiger partial charge in [0.2, 0.25) is 5.91 Å². The zero-order valence-electron chi connectivity index (χ0n) is 14.0. The minimum Gasteiger partial charge on any atom is -0.497 e. The van der Waals surface area contributed by atoms with E-state index in [4.69, 9.17) is 9.84 Å². The Bertz CT molecular complexity index is 625. The molecule has 1 saturated heterocycles. The van der Waals surface area contributed by atoms with Gasteiger partial charge >= 0.3 is 12.1 Å². The molecule has 1 aliphatic heterocycles. The van der Waals surface area contributed by atoms with Crippen molar-refractivity contribution >= 4 is 24.3 Å². The van der Waals surface area contributed by atoms with Gasteiger partial charge in [0.1, 0.15) is 5.75 Å². The zero-order valence-corrected chi connectivity index (χ0v) is 14.8. The smallest absolute Gasteiger partial charge is 0.393 e. The lowest BCUT2D eigenvalue weighted by Gasteiger charge is -2.18. The monoisotopic (exact) mass is 396 g/mol. The van der Waals surface area contributed by atoms with E-state index in [-0.39, 0.29) is 32.0 Å². The molecule has 146 valence electrons. The summed E-state index contributed by atoms with van der Waals surface area (Å²) in [5.41, 5.74) is 0.812. The number of halogens is 4. The molecule has 2 rings (SSSR count). The Morgan fingerprint density at radius 2 is 1.88 bits per heavy atom. The molecule has 0 spiro atoms. The molecule has 1 heterocycles. The average Bonchev–Trinajstić information content (AvgIpc) is 2.98. The number of aliphatic carboxylic acids is 1. The van der Waals surface area contributed by atoms with Crippen LogP contribution in [-0.2, 0) is 16.1 Å². The number of hydrogen-bond donors (Lipinski definition) is 2. The van der Waals surface area contributed by atoms with Crippen molar-refractivity contribution in [1.82, 2.24) is 10.2 Å². The number of nitrogens with zero attached hydrogens (tertiary/aromatic N) is 1. The van der Waals surface area contributed by atoms with Crippen LogP contribution in [0.5, 0.6) is 5.75 Å². The van der Waals surface area contributed by atoms with E-state index >= 15 is 0 Å². The minimum absolute atomic E-state index is 0. The van der Waals surface area contributed by atoms with Crippen molar-refractivity contribution < 1.29 is 32.6 Å². The third-order valence-corrected chi connectivity index (χ3v) is 4.15. The maximum Gasteiger partial charge on any atom is 0.393 e. The first kappa shape index (κ1) is 22.0. The molecular formula is C16H20ClF3N2O4. The SMILES string of the molecule is COc1ccc(CNC(=O)CN2C[C@@H](C(F)(F)F)[C@H](C(=O)O)C2)cc1.Cl. The van der Waals surface area contributed by atoms with Gasteiger partial charge in [-0.2, -0.15) is 13.2 Å². The van der Waals surface area contributed by atoms with Gasteiger partial charge in [0, 0.05) is 19.6 Å². The fourth-order valence-electron chi connectivity index (χ4n) is 2.80. The van der Waals surface area contributed by atoms with Gasteiger partial charge in [-0.3, -0.25) is 14.5 Å². The molecule has 0 aromatic heterocycles. The van der Waals surface area contributed by atoms with E-state index in [2.05, 4.69) is 5.32 Å². The number of alkyl halides is 3. The molecule has 0 radical (unpaired) electrons. The van der Waals surface area contributed by atoms with Crippen LogP contribution in [-0.4, -0.2) is 54.8 Å². The maximum absolute atomic E-state index is 12.9. The summed E-state index contributed by atoms with van der Waals surface area (Å²) in [7, 11) is 1.53. The first-order valence-corrected chi connectivity index (χ1v) is 7.62. The highest BCUT2D eigenvalue weighted by molar-refractivity contribution is 5.85. The van der Waals surface area contributed by atoms with Gasteiger partial charge < -0.3 is 15.2 Å². The van der Waals surface area contributed by atoms with Gasteiger partial charge in [0.15, 0.2) is 0 Å². The molecule has 0 aliphatic carbocycles. The fraction of sp³-hybridized carbons (Fsp3) is 0.500. The van der Waals surface area contributed by atoms with Gasteiger partial charge in [0.05, 0.1) is 25.5 Å². The number of rotatable bonds is 6. The summed E-state index contributed by atoms with van der Waals surface area (Å²) in [5, 5.41) is 11.6. The number of amides is 1. The molecule has 1 amide bonds. The van der Waals surface area contributed by atoms with Crippen LogP contribution in [0.1, 0.15) is 5.56 Å². The number of carboxylic acid groups (broad SMARTS) is 1. The van der Waals surface area contributed by atoms with Gasteiger partial charge in [0.25, 0.3) is 0 Å². The molecule has 0 unspecified atom stereocenters. The van der Waals surface area contributed by atoms with Gasteiger partial charge in [-0.25, -0.2) is 0 Å². The molecule has 10 heteroatoms. The van der Waals surface area contributed by atoms with Crippen molar-refractivity contribution in [3.8, 4) is 5.75 Å². The Labute approximate surface area is 154 Å². The Hall–Kier alpha value is -2.00. The minimum atomic E-state index is -4.60. The summed E-state index contributed by atoms with van der Waals surface area (Å²) in [6, 6.07) is 6.98. The number of benzene rings is 1. The molecule has 1 aliphatic rings. The molecular weight excluding hydrogens is 377 g/mol.